The Kier molecular flexibility index (Phi) is 7.02. The van der Waals surface area contributed by atoms with Crippen LogP contribution < -0.4 is 10.0 Å². The van der Waals surface area contributed by atoms with Crippen LogP contribution in [-0.4, -0.2) is 32.9 Å². The topological polar surface area (TPSA) is 102 Å². The van der Waals surface area contributed by atoms with Crippen molar-refractivity contribution in [2.45, 2.75) is 37.1 Å². The summed E-state index contributed by atoms with van der Waals surface area (Å²) in [4.78, 5) is 24.1. The van der Waals surface area contributed by atoms with Gasteiger partial charge in [-0.25, -0.2) is 17.9 Å². The third-order valence-corrected chi connectivity index (χ3v) is 5.88. The predicted molar refractivity (Wildman–Crippen MR) is 114 cm³/mol. The molecule has 2 aromatic rings. The minimum atomic E-state index is -3.49. The number of nitrogens with one attached hydrogen (secondary N) is 2. The van der Waals surface area contributed by atoms with E-state index in [1.165, 1.54) is 18.2 Å². The highest BCUT2D eigenvalue weighted by Crippen LogP contribution is 2.22. The summed E-state index contributed by atoms with van der Waals surface area (Å²) in [6.07, 6.45) is 5.45. The number of hydrogen-bond donors (Lipinski definition) is 2. The van der Waals surface area contributed by atoms with Gasteiger partial charge in [-0.1, -0.05) is 19.1 Å². The number of carbonyl (C=O) groups is 2. The van der Waals surface area contributed by atoms with Crippen molar-refractivity contribution >= 4 is 33.7 Å². The van der Waals surface area contributed by atoms with E-state index in [1.807, 2.05) is 6.92 Å². The summed E-state index contributed by atoms with van der Waals surface area (Å²) in [6.45, 7) is 2.29. The molecule has 0 unspecified atom stereocenters. The molecule has 8 heteroatoms. The maximum absolute atomic E-state index is 12.2. The van der Waals surface area contributed by atoms with E-state index >= 15 is 0 Å². The van der Waals surface area contributed by atoms with Crippen molar-refractivity contribution in [2.24, 2.45) is 0 Å². The van der Waals surface area contributed by atoms with Gasteiger partial charge in [0, 0.05) is 17.8 Å². The van der Waals surface area contributed by atoms with Gasteiger partial charge in [0.15, 0.2) is 0 Å². The zero-order valence-electron chi connectivity index (χ0n) is 16.6. The van der Waals surface area contributed by atoms with Crippen molar-refractivity contribution in [3.8, 4) is 0 Å². The van der Waals surface area contributed by atoms with Crippen LogP contribution in [0.15, 0.2) is 59.5 Å². The molecule has 0 spiro atoms. The summed E-state index contributed by atoms with van der Waals surface area (Å²) in [6, 6.07) is 12.8. The summed E-state index contributed by atoms with van der Waals surface area (Å²) in [5.41, 5.74) is 1.66. The summed E-state index contributed by atoms with van der Waals surface area (Å²) < 4.78 is 32.0. The van der Waals surface area contributed by atoms with Crippen LogP contribution in [0, 0.1) is 0 Å². The Morgan fingerprint density at radius 1 is 1.07 bits per heavy atom. The van der Waals surface area contributed by atoms with Crippen molar-refractivity contribution in [2.75, 3.05) is 11.9 Å². The quantitative estimate of drug-likeness (QED) is 0.471. The first-order valence-corrected chi connectivity index (χ1v) is 11.2. The molecule has 0 heterocycles. The average Bonchev–Trinajstić information content (AvgIpc) is 3.54. The molecule has 0 bridgehead atoms. The first-order chi connectivity index (χ1) is 14.4. The molecule has 158 valence electrons. The largest absolute Gasteiger partial charge is 0.462 e. The van der Waals surface area contributed by atoms with Crippen LogP contribution in [0.25, 0.3) is 6.08 Å². The van der Waals surface area contributed by atoms with Crippen LogP contribution >= 0.6 is 0 Å². The monoisotopic (exact) mass is 428 g/mol. The molecule has 1 aliphatic carbocycles. The molecule has 0 saturated heterocycles. The van der Waals surface area contributed by atoms with E-state index in [-0.39, 0.29) is 16.8 Å². The van der Waals surface area contributed by atoms with Gasteiger partial charge in [-0.05, 0) is 67.3 Å². The minimum absolute atomic E-state index is 0.0503. The Hall–Kier alpha value is -2.97. The van der Waals surface area contributed by atoms with Gasteiger partial charge in [-0.15, -0.1) is 0 Å². The van der Waals surface area contributed by atoms with Gasteiger partial charge >= 0.3 is 5.97 Å². The van der Waals surface area contributed by atoms with Crippen LogP contribution in [0.5, 0.6) is 0 Å². The highest BCUT2D eigenvalue weighted by atomic mass is 32.2. The third kappa shape index (κ3) is 6.27. The Bertz CT molecular complexity index is 1020. The second-order valence-corrected chi connectivity index (χ2v) is 8.71. The molecule has 0 aliphatic heterocycles. The van der Waals surface area contributed by atoms with Crippen molar-refractivity contribution in [1.29, 1.82) is 0 Å². The summed E-state index contributed by atoms with van der Waals surface area (Å²) >= 11 is 0. The zero-order chi connectivity index (χ0) is 21.6. The zero-order valence-corrected chi connectivity index (χ0v) is 17.4. The number of benzene rings is 2. The van der Waals surface area contributed by atoms with Crippen molar-refractivity contribution in [3.05, 3.63) is 65.7 Å². The van der Waals surface area contributed by atoms with Gasteiger partial charge in [0.25, 0.3) is 0 Å². The molecule has 1 aliphatic rings. The number of esters is 1. The highest BCUT2D eigenvalue weighted by molar-refractivity contribution is 7.89. The maximum atomic E-state index is 12.2. The van der Waals surface area contributed by atoms with Crippen molar-refractivity contribution < 1.29 is 22.7 Å². The van der Waals surface area contributed by atoms with Crippen LogP contribution in [0.3, 0.4) is 0 Å². The van der Waals surface area contributed by atoms with E-state index in [0.717, 1.165) is 19.3 Å². The molecule has 0 radical (unpaired) electrons. The number of hydrogen-bond acceptors (Lipinski definition) is 5. The molecule has 30 heavy (non-hydrogen) atoms. The molecule has 2 N–H and O–H groups in total. The molecular weight excluding hydrogens is 404 g/mol. The summed E-state index contributed by atoms with van der Waals surface area (Å²) in [5.74, 6) is -0.740. The Morgan fingerprint density at radius 3 is 2.33 bits per heavy atom. The Balaban J connectivity index is 1.54. The number of ether oxygens (including phenoxy) is 1. The van der Waals surface area contributed by atoms with Crippen LogP contribution in [0.4, 0.5) is 5.69 Å². The van der Waals surface area contributed by atoms with Gasteiger partial charge in [0.1, 0.15) is 0 Å². The minimum Gasteiger partial charge on any atom is -0.462 e. The highest BCUT2D eigenvalue weighted by Gasteiger charge is 2.27. The summed E-state index contributed by atoms with van der Waals surface area (Å²) in [5, 5.41) is 2.70. The van der Waals surface area contributed by atoms with E-state index < -0.39 is 16.0 Å². The smallest absolute Gasteiger partial charge is 0.338 e. The predicted octanol–water partition coefficient (Wildman–Crippen LogP) is 3.35. The van der Waals surface area contributed by atoms with Crippen molar-refractivity contribution in [1.82, 2.24) is 4.72 Å². The van der Waals surface area contributed by atoms with Gasteiger partial charge in [0.2, 0.25) is 15.9 Å². The van der Waals surface area contributed by atoms with E-state index in [4.69, 9.17) is 4.74 Å². The lowest BCUT2D eigenvalue weighted by atomic mass is 10.2. The van der Waals surface area contributed by atoms with Crippen molar-refractivity contribution in [3.63, 3.8) is 0 Å². The molecule has 3 rings (SSSR count). The fourth-order valence-electron chi connectivity index (χ4n) is 2.57. The summed E-state index contributed by atoms with van der Waals surface area (Å²) in [7, 11) is -3.49. The van der Waals surface area contributed by atoms with Gasteiger partial charge < -0.3 is 10.1 Å². The van der Waals surface area contributed by atoms with E-state index in [2.05, 4.69) is 10.0 Å². The Morgan fingerprint density at radius 2 is 1.73 bits per heavy atom. The molecule has 0 atom stereocenters. The number of sulfonamides is 1. The SMILES string of the molecule is CCCOC(=O)c1ccc(NC(=O)/C=C/c2ccc(S(=O)(=O)NC3CC3)cc2)cc1. The second kappa shape index (κ2) is 9.69. The second-order valence-electron chi connectivity index (χ2n) is 7.00. The van der Waals surface area contributed by atoms with Crippen LogP contribution in [0.2, 0.25) is 0 Å². The number of anilines is 1. The maximum Gasteiger partial charge on any atom is 0.338 e. The molecule has 1 fully saturated rings. The fraction of sp³-hybridized carbons (Fsp3) is 0.273. The van der Waals surface area contributed by atoms with Crippen LogP contribution in [-0.2, 0) is 19.6 Å². The van der Waals surface area contributed by atoms with E-state index in [1.54, 1.807) is 42.5 Å². The lowest BCUT2D eigenvalue weighted by Gasteiger charge is -2.06. The van der Waals surface area contributed by atoms with Gasteiger partial charge in [0.05, 0.1) is 17.1 Å². The fourth-order valence-corrected chi connectivity index (χ4v) is 3.88. The number of amides is 1. The van der Waals surface area contributed by atoms with Crippen LogP contribution in [0.1, 0.15) is 42.1 Å². The number of carbonyl (C=O) groups excluding carboxylic acids is 2. The first-order valence-electron chi connectivity index (χ1n) is 9.76. The lowest BCUT2D eigenvalue weighted by Crippen LogP contribution is -2.25. The van der Waals surface area contributed by atoms with Gasteiger partial charge in [-0.2, -0.15) is 0 Å². The molecule has 0 aromatic heterocycles. The first kappa shape index (κ1) is 21.7. The normalized spacial score (nSPS) is 13.9. The van der Waals surface area contributed by atoms with E-state index in [9.17, 15) is 18.0 Å². The lowest BCUT2D eigenvalue weighted by molar-refractivity contribution is -0.111. The van der Waals surface area contributed by atoms with Gasteiger partial charge in [-0.3, -0.25) is 4.79 Å². The third-order valence-electron chi connectivity index (χ3n) is 4.34. The Labute approximate surface area is 176 Å². The molecular formula is C22H24N2O5S. The van der Waals surface area contributed by atoms with E-state index in [0.29, 0.717) is 23.4 Å². The number of rotatable bonds is 9. The molecule has 1 saturated carbocycles. The molecule has 2 aromatic carbocycles. The average molecular weight is 429 g/mol. The standard InChI is InChI=1S/C22H24N2O5S/c1-2-15-29-22(26)17-6-8-18(9-7-17)23-21(25)14-5-16-3-12-20(13-4-16)30(27,28)24-19-10-11-19/h3-9,12-14,19,24H,2,10-11,15H2,1H3,(H,23,25)/b14-5+. The molecule has 1 amide bonds. The molecule has 7 nitrogen and oxygen atoms in total.